The van der Waals surface area contributed by atoms with Crippen molar-refractivity contribution in [1.82, 2.24) is 5.32 Å². The lowest BCUT2D eigenvalue weighted by atomic mass is 9.84. The number of aliphatic carboxylic acids is 1. The van der Waals surface area contributed by atoms with Gasteiger partial charge in [-0.15, -0.1) is 0 Å². The van der Waals surface area contributed by atoms with E-state index in [9.17, 15) is 9.59 Å². The van der Waals surface area contributed by atoms with Gasteiger partial charge in [-0.05, 0) is 31.0 Å². The molecule has 102 valence electrons. The first-order valence-corrected chi connectivity index (χ1v) is 6.75. The quantitative estimate of drug-likeness (QED) is 0.895. The molecule has 5 heteroatoms. The predicted molar refractivity (Wildman–Crippen MR) is 72.3 cm³/mol. The number of carboxylic acids is 1. The molecule has 1 fully saturated rings. The van der Waals surface area contributed by atoms with Crippen LogP contribution < -0.4 is 5.32 Å². The SMILES string of the molecule is O=C(NC1CCCCC1C(=O)O)c1cccc(Cl)c1. The van der Waals surface area contributed by atoms with Crippen molar-refractivity contribution in [2.45, 2.75) is 31.7 Å². The second-order valence-corrected chi connectivity index (χ2v) is 5.26. The third-order valence-electron chi connectivity index (χ3n) is 3.49. The predicted octanol–water partition coefficient (Wildman–Crippen LogP) is 2.71. The van der Waals surface area contributed by atoms with Gasteiger partial charge in [-0.2, -0.15) is 0 Å². The zero-order valence-corrected chi connectivity index (χ0v) is 11.2. The number of hydrogen-bond donors (Lipinski definition) is 2. The van der Waals surface area contributed by atoms with Gasteiger partial charge in [0.15, 0.2) is 0 Å². The van der Waals surface area contributed by atoms with Gasteiger partial charge in [0.25, 0.3) is 5.91 Å². The number of hydrogen-bond acceptors (Lipinski definition) is 2. The Labute approximate surface area is 116 Å². The molecule has 1 saturated carbocycles. The van der Waals surface area contributed by atoms with Crippen LogP contribution in [0.3, 0.4) is 0 Å². The molecule has 0 bridgehead atoms. The maximum Gasteiger partial charge on any atom is 0.308 e. The molecule has 2 N–H and O–H groups in total. The standard InChI is InChI=1S/C14H16ClNO3/c15-10-5-3-4-9(8-10)13(17)16-12-7-2-1-6-11(12)14(18)19/h3-5,8,11-12H,1-2,6-7H2,(H,16,17)(H,18,19). The van der Waals surface area contributed by atoms with Crippen molar-refractivity contribution in [1.29, 1.82) is 0 Å². The molecule has 19 heavy (non-hydrogen) atoms. The first-order chi connectivity index (χ1) is 9.08. The Morgan fingerprint density at radius 1 is 1.26 bits per heavy atom. The number of nitrogens with one attached hydrogen (secondary N) is 1. The summed E-state index contributed by atoms with van der Waals surface area (Å²) in [5.41, 5.74) is 0.460. The largest absolute Gasteiger partial charge is 0.481 e. The highest BCUT2D eigenvalue weighted by molar-refractivity contribution is 6.30. The van der Waals surface area contributed by atoms with Crippen LogP contribution >= 0.6 is 11.6 Å². The molecular formula is C14H16ClNO3. The van der Waals surface area contributed by atoms with Gasteiger partial charge in [0.05, 0.1) is 5.92 Å². The van der Waals surface area contributed by atoms with E-state index in [2.05, 4.69) is 5.32 Å². The summed E-state index contributed by atoms with van der Waals surface area (Å²) in [5.74, 6) is -1.59. The lowest BCUT2D eigenvalue weighted by Gasteiger charge is -2.29. The minimum atomic E-state index is -0.837. The van der Waals surface area contributed by atoms with Crippen LogP contribution in [0.25, 0.3) is 0 Å². The molecule has 1 aliphatic rings. The molecule has 1 aliphatic carbocycles. The lowest BCUT2D eigenvalue weighted by Crippen LogP contribution is -2.45. The summed E-state index contributed by atoms with van der Waals surface area (Å²) < 4.78 is 0. The van der Waals surface area contributed by atoms with Crippen LogP contribution in [-0.4, -0.2) is 23.0 Å². The lowest BCUT2D eigenvalue weighted by molar-refractivity contribution is -0.143. The monoisotopic (exact) mass is 281 g/mol. The fourth-order valence-corrected chi connectivity index (χ4v) is 2.67. The second-order valence-electron chi connectivity index (χ2n) is 4.82. The molecule has 0 heterocycles. The van der Waals surface area contributed by atoms with Gasteiger partial charge in [-0.1, -0.05) is 30.5 Å². The fourth-order valence-electron chi connectivity index (χ4n) is 2.48. The fraction of sp³-hybridized carbons (Fsp3) is 0.429. The topological polar surface area (TPSA) is 66.4 Å². The molecule has 1 aromatic rings. The Hall–Kier alpha value is -1.55. The van der Waals surface area contributed by atoms with Crippen molar-refractivity contribution in [3.8, 4) is 0 Å². The van der Waals surface area contributed by atoms with Crippen LogP contribution in [0.5, 0.6) is 0 Å². The van der Waals surface area contributed by atoms with Crippen molar-refractivity contribution in [3.63, 3.8) is 0 Å². The second kappa shape index (κ2) is 6.06. The molecule has 0 aliphatic heterocycles. The smallest absolute Gasteiger partial charge is 0.308 e. The van der Waals surface area contributed by atoms with Gasteiger partial charge in [0, 0.05) is 16.6 Å². The molecule has 4 nitrogen and oxygen atoms in total. The summed E-state index contributed by atoms with van der Waals surface area (Å²) in [6.45, 7) is 0. The molecule has 1 aromatic carbocycles. The zero-order chi connectivity index (χ0) is 13.8. The van der Waals surface area contributed by atoms with Crippen LogP contribution in [0.2, 0.25) is 5.02 Å². The summed E-state index contributed by atoms with van der Waals surface area (Å²) in [6.07, 6.45) is 3.18. The minimum absolute atomic E-state index is 0.263. The summed E-state index contributed by atoms with van der Waals surface area (Å²) >= 11 is 5.84. The van der Waals surface area contributed by atoms with Crippen molar-refractivity contribution in [3.05, 3.63) is 34.9 Å². The first-order valence-electron chi connectivity index (χ1n) is 6.37. The van der Waals surface area contributed by atoms with Gasteiger partial charge >= 0.3 is 5.97 Å². The van der Waals surface area contributed by atoms with Crippen molar-refractivity contribution >= 4 is 23.5 Å². The molecule has 2 rings (SSSR count). The van der Waals surface area contributed by atoms with Crippen molar-refractivity contribution in [2.24, 2.45) is 5.92 Å². The summed E-state index contributed by atoms with van der Waals surface area (Å²) in [7, 11) is 0. The highest BCUT2D eigenvalue weighted by Crippen LogP contribution is 2.25. The van der Waals surface area contributed by atoms with Gasteiger partial charge in [-0.25, -0.2) is 0 Å². The molecular weight excluding hydrogens is 266 g/mol. The summed E-state index contributed by atoms with van der Waals surface area (Å²) in [6, 6.07) is 6.35. The van der Waals surface area contributed by atoms with E-state index < -0.39 is 11.9 Å². The molecule has 2 atom stereocenters. The molecule has 0 spiro atoms. The van der Waals surface area contributed by atoms with Crippen LogP contribution in [0.1, 0.15) is 36.0 Å². The van der Waals surface area contributed by atoms with Gasteiger partial charge < -0.3 is 10.4 Å². The van der Waals surface area contributed by atoms with E-state index in [4.69, 9.17) is 16.7 Å². The van der Waals surface area contributed by atoms with Crippen molar-refractivity contribution < 1.29 is 14.7 Å². The van der Waals surface area contributed by atoms with E-state index in [0.29, 0.717) is 23.4 Å². The Morgan fingerprint density at radius 3 is 2.68 bits per heavy atom. The normalized spacial score (nSPS) is 22.8. The Kier molecular flexibility index (Phi) is 4.43. The van der Waals surface area contributed by atoms with Gasteiger partial charge in [0.1, 0.15) is 0 Å². The van der Waals surface area contributed by atoms with E-state index in [1.165, 1.54) is 0 Å². The van der Waals surface area contributed by atoms with E-state index in [0.717, 1.165) is 12.8 Å². The van der Waals surface area contributed by atoms with Gasteiger partial charge in [0.2, 0.25) is 0 Å². The number of carbonyl (C=O) groups is 2. The summed E-state index contributed by atoms with van der Waals surface area (Å²) in [4.78, 5) is 23.2. The van der Waals surface area contributed by atoms with Crippen LogP contribution in [0.15, 0.2) is 24.3 Å². The zero-order valence-electron chi connectivity index (χ0n) is 10.4. The number of halogens is 1. The Balaban J connectivity index is 2.07. The van der Waals surface area contributed by atoms with Gasteiger partial charge in [-0.3, -0.25) is 9.59 Å². The molecule has 0 aromatic heterocycles. The first kappa shape index (κ1) is 13.9. The number of carbonyl (C=O) groups excluding carboxylic acids is 1. The highest BCUT2D eigenvalue weighted by Gasteiger charge is 2.31. The van der Waals surface area contributed by atoms with Crippen LogP contribution in [0, 0.1) is 5.92 Å². The number of amides is 1. The molecule has 1 amide bonds. The Bertz CT molecular complexity index is 489. The van der Waals surface area contributed by atoms with Crippen LogP contribution in [0.4, 0.5) is 0 Å². The number of rotatable bonds is 3. The highest BCUT2D eigenvalue weighted by atomic mass is 35.5. The van der Waals surface area contributed by atoms with E-state index in [-0.39, 0.29) is 11.9 Å². The van der Waals surface area contributed by atoms with E-state index in [1.807, 2.05) is 0 Å². The minimum Gasteiger partial charge on any atom is -0.481 e. The Morgan fingerprint density at radius 2 is 2.00 bits per heavy atom. The third kappa shape index (κ3) is 3.47. The number of benzene rings is 1. The van der Waals surface area contributed by atoms with Crippen molar-refractivity contribution in [2.75, 3.05) is 0 Å². The molecule has 0 saturated heterocycles. The van der Waals surface area contributed by atoms with E-state index >= 15 is 0 Å². The number of carboxylic acid groups (broad SMARTS) is 1. The molecule has 0 radical (unpaired) electrons. The maximum atomic E-state index is 12.1. The average Bonchev–Trinajstić information content (AvgIpc) is 2.39. The third-order valence-corrected chi connectivity index (χ3v) is 3.72. The molecule has 2 unspecified atom stereocenters. The average molecular weight is 282 g/mol. The van der Waals surface area contributed by atoms with Crippen LogP contribution in [-0.2, 0) is 4.79 Å². The summed E-state index contributed by atoms with van der Waals surface area (Å²) in [5, 5.41) is 12.5. The van der Waals surface area contributed by atoms with E-state index in [1.54, 1.807) is 24.3 Å². The maximum absolute atomic E-state index is 12.1.